The Balaban J connectivity index is 1.12. The number of benzene rings is 4. The molecule has 0 aliphatic carbocycles. The Morgan fingerprint density at radius 1 is 0.897 bits per heavy atom. The van der Waals surface area contributed by atoms with E-state index >= 15 is 0 Å². The molecule has 39 heavy (non-hydrogen) atoms. The van der Waals surface area contributed by atoms with Crippen molar-refractivity contribution in [3.8, 4) is 0 Å². The van der Waals surface area contributed by atoms with Gasteiger partial charge < -0.3 is 10.7 Å². The van der Waals surface area contributed by atoms with Crippen LogP contribution in [0.25, 0.3) is 0 Å². The van der Waals surface area contributed by atoms with Gasteiger partial charge in [0.05, 0.1) is 29.4 Å². The van der Waals surface area contributed by atoms with Crippen molar-refractivity contribution in [3.05, 3.63) is 135 Å². The lowest BCUT2D eigenvalue weighted by molar-refractivity contribution is 0.0642. The van der Waals surface area contributed by atoms with E-state index in [0.717, 1.165) is 22.6 Å². The summed E-state index contributed by atoms with van der Waals surface area (Å²) in [6.45, 7) is -0.0267. The van der Waals surface area contributed by atoms with Crippen LogP contribution < -0.4 is 10.7 Å². The van der Waals surface area contributed by atoms with Crippen molar-refractivity contribution in [1.29, 1.82) is 0 Å². The number of carbonyl (C=O) groups excluding carboxylic acids is 3. The van der Waals surface area contributed by atoms with E-state index in [1.54, 1.807) is 42.5 Å². The highest BCUT2D eigenvalue weighted by molar-refractivity contribution is 6.31. The monoisotopic (exact) mass is 534 g/mol. The zero-order chi connectivity index (χ0) is 26.9. The van der Waals surface area contributed by atoms with Gasteiger partial charge in [0.2, 0.25) is 0 Å². The molecule has 2 aliphatic heterocycles. The Labute approximate surface area is 230 Å². The zero-order valence-electron chi connectivity index (χ0n) is 20.7. The highest BCUT2D eigenvalue weighted by atomic mass is 35.5. The van der Waals surface area contributed by atoms with Crippen LogP contribution in [0.2, 0.25) is 5.02 Å². The van der Waals surface area contributed by atoms with E-state index in [4.69, 9.17) is 11.6 Å². The summed E-state index contributed by atoms with van der Waals surface area (Å²) in [5.41, 5.74) is 8.56. The standard InChI is InChI=1S/C31H23ClN4O3/c32-26-15-12-21(16-22(26)18-36-30(38)24-8-4-5-9-25(24)31(36)39)29(37)33-23-13-10-20(11-14-23)28-17-27(34-35-28)19-6-2-1-3-7-19/h1-16,27,34H,17-18H2,(H,33,37). The average molecular weight is 535 g/mol. The molecule has 8 heteroatoms. The zero-order valence-corrected chi connectivity index (χ0v) is 21.5. The Morgan fingerprint density at radius 3 is 2.26 bits per heavy atom. The molecular formula is C31H23ClN4O3. The molecule has 0 saturated heterocycles. The summed E-state index contributed by atoms with van der Waals surface area (Å²) < 4.78 is 0. The quantitative estimate of drug-likeness (QED) is 0.305. The molecule has 1 unspecified atom stereocenters. The highest BCUT2D eigenvalue weighted by Gasteiger charge is 2.35. The normalized spacial score (nSPS) is 16.1. The number of amides is 3. The van der Waals surface area contributed by atoms with Gasteiger partial charge in [-0.25, -0.2) is 0 Å². The lowest BCUT2D eigenvalue weighted by atomic mass is 9.99. The molecule has 6 rings (SSSR count). The van der Waals surface area contributed by atoms with E-state index in [-0.39, 0.29) is 30.3 Å². The first kappa shape index (κ1) is 24.6. The Morgan fingerprint density at radius 2 is 1.56 bits per heavy atom. The lowest BCUT2D eigenvalue weighted by Gasteiger charge is -2.16. The molecule has 3 amide bonds. The molecule has 0 bridgehead atoms. The second-order valence-electron chi connectivity index (χ2n) is 9.43. The minimum atomic E-state index is -0.376. The topological polar surface area (TPSA) is 90.9 Å². The third kappa shape index (κ3) is 4.80. The second-order valence-corrected chi connectivity index (χ2v) is 9.84. The minimum absolute atomic E-state index is 0.0267. The molecule has 7 nitrogen and oxygen atoms in total. The fourth-order valence-corrected chi connectivity index (χ4v) is 5.02. The summed E-state index contributed by atoms with van der Waals surface area (Å²) in [6, 6.07) is 29.4. The van der Waals surface area contributed by atoms with Gasteiger partial charge in [0.1, 0.15) is 0 Å². The Bertz CT molecular complexity index is 1600. The van der Waals surface area contributed by atoms with Crippen molar-refractivity contribution in [2.45, 2.75) is 19.0 Å². The number of hydrazone groups is 1. The van der Waals surface area contributed by atoms with E-state index in [2.05, 4.69) is 28.0 Å². The molecule has 0 radical (unpaired) electrons. The maximum atomic E-state index is 13.0. The van der Waals surface area contributed by atoms with Crippen molar-refractivity contribution in [2.75, 3.05) is 5.32 Å². The average Bonchev–Trinajstić information content (AvgIpc) is 3.55. The van der Waals surface area contributed by atoms with Gasteiger partial charge in [-0.3, -0.25) is 19.3 Å². The summed E-state index contributed by atoms with van der Waals surface area (Å²) >= 11 is 6.38. The lowest BCUT2D eigenvalue weighted by Crippen LogP contribution is -2.29. The van der Waals surface area contributed by atoms with Crippen LogP contribution in [-0.4, -0.2) is 28.3 Å². The predicted molar refractivity (Wildman–Crippen MR) is 150 cm³/mol. The van der Waals surface area contributed by atoms with Crippen LogP contribution in [0.15, 0.2) is 102 Å². The number of fused-ring (bicyclic) bond motifs is 1. The third-order valence-corrected chi connectivity index (χ3v) is 7.31. The summed E-state index contributed by atoms with van der Waals surface area (Å²) in [7, 11) is 0. The van der Waals surface area contributed by atoms with E-state index in [1.165, 1.54) is 5.56 Å². The molecule has 0 fully saturated rings. The largest absolute Gasteiger partial charge is 0.322 e. The van der Waals surface area contributed by atoms with Crippen LogP contribution in [-0.2, 0) is 6.54 Å². The van der Waals surface area contributed by atoms with Crippen molar-refractivity contribution < 1.29 is 14.4 Å². The summed E-state index contributed by atoms with van der Waals surface area (Å²) in [5.74, 6) is -1.08. The first-order valence-corrected chi connectivity index (χ1v) is 12.9. The number of hydrogen-bond donors (Lipinski definition) is 2. The van der Waals surface area contributed by atoms with Crippen LogP contribution in [0.5, 0.6) is 0 Å². The van der Waals surface area contributed by atoms with Gasteiger partial charge in [-0.1, -0.05) is 66.2 Å². The van der Waals surface area contributed by atoms with Crippen LogP contribution in [0, 0.1) is 0 Å². The van der Waals surface area contributed by atoms with E-state index in [0.29, 0.717) is 33.0 Å². The highest BCUT2D eigenvalue weighted by Crippen LogP contribution is 2.28. The fraction of sp³-hybridized carbons (Fsp3) is 0.0968. The summed E-state index contributed by atoms with van der Waals surface area (Å²) in [4.78, 5) is 39.7. The molecule has 4 aromatic rings. The van der Waals surface area contributed by atoms with Gasteiger partial charge in [-0.05, 0) is 59.2 Å². The maximum Gasteiger partial charge on any atom is 0.261 e. The van der Waals surface area contributed by atoms with Crippen LogP contribution in [0.3, 0.4) is 0 Å². The van der Waals surface area contributed by atoms with Crippen LogP contribution in [0.1, 0.15) is 60.2 Å². The fourth-order valence-electron chi connectivity index (χ4n) is 4.84. The van der Waals surface area contributed by atoms with Crippen LogP contribution >= 0.6 is 11.6 Å². The SMILES string of the molecule is O=C(Nc1ccc(C2=NNC(c3ccccc3)C2)cc1)c1ccc(Cl)c(CN2C(=O)c3ccccc3C2=O)c1. The number of rotatable bonds is 6. The first-order valence-electron chi connectivity index (χ1n) is 12.5. The van der Waals surface area contributed by atoms with Gasteiger partial charge >= 0.3 is 0 Å². The number of anilines is 1. The van der Waals surface area contributed by atoms with Gasteiger partial charge in [-0.2, -0.15) is 5.10 Å². The molecule has 192 valence electrons. The third-order valence-electron chi connectivity index (χ3n) is 6.95. The predicted octanol–water partition coefficient (Wildman–Crippen LogP) is 5.83. The first-order chi connectivity index (χ1) is 19.0. The number of nitrogens with one attached hydrogen (secondary N) is 2. The number of nitrogens with zero attached hydrogens (tertiary/aromatic N) is 2. The molecule has 1 atom stereocenters. The molecule has 0 saturated carbocycles. The maximum absolute atomic E-state index is 13.0. The van der Waals surface area contributed by atoms with Crippen molar-refractivity contribution in [3.63, 3.8) is 0 Å². The Kier molecular flexibility index (Phi) is 6.42. The molecule has 2 aliphatic rings. The second kappa shape index (κ2) is 10.2. The van der Waals surface area contributed by atoms with Gasteiger partial charge in [0.15, 0.2) is 0 Å². The molecule has 0 aromatic heterocycles. The van der Waals surface area contributed by atoms with E-state index < -0.39 is 0 Å². The molecule has 2 N–H and O–H groups in total. The smallest absolute Gasteiger partial charge is 0.261 e. The Hall–Kier alpha value is -4.75. The molecule has 4 aromatic carbocycles. The van der Waals surface area contributed by atoms with Crippen molar-refractivity contribution in [2.24, 2.45) is 5.10 Å². The molecule has 0 spiro atoms. The van der Waals surface area contributed by atoms with E-state index in [1.807, 2.05) is 42.5 Å². The number of hydrogen-bond acceptors (Lipinski definition) is 5. The summed E-state index contributed by atoms with van der Waals surface area (Å²) in [6.07, 6.45) is 0.774. The van der Waals surface area contributed by atoms with Crippen molar-refractivity contribution >= 4 is 40.7 Å². The molecular weight excluding hydrogens is 512 g/mol. The minimum Gasteiger partial charge on any atom is -0.322 e. The van der Waals surface area contributed by atoms with Crippen molar-refractivity contribution in [1.82, 2.24) is 10.3 Å². The number of halogens is 1. The van der Waals surface area contributed by atoms with Gasteiger partial charge in [0.25, 0.3) is 17.7 Å². The van der Waals surface area contributed by atoms with Gasteiger partial charge in [0, 0.05) is 22.7 Å². The number of imide groups is 1. The summed E-state index contributed by atoms with van der Waals surface area (Å²) in [5, 5.41) is 7.77. The van der Waals surface area contributed by atoms with Crippen LogP contribution in [0.4, 0.5) is 5.69 Å². The van der Waals surface area contributed by atoms with E-state index in [9.17, 15) is 14.4 Å². The van der Waals surface area contributed by atoms with Gasteiger partial charge in [-0.15, -0.1) is 0 Å². The molecule has 2 heterocycles. The number of carbonyl (C=O) groups is 3.